The molecule has 1 aromatic carbocycles. The highest BCUT2D eigenvalue weighted by Gasteiger charge is 2.57. The number of hydrogen-bond acceptors (Lipinski definition) is 5. The molecular weight excluding hydrogens is 377 g/mol. The van der Waals surface area contributed by atoms with Crippen molar-refractivity contribution in [3.8, 4) is 0 Å². The molecule has 2 N–H and O–H groups in total. The predicted molar refractivity (Wildman–Crippen MR) is 103 cm³/mol. The van der Waals surface area contributed by atoms with Gasteiger partial charge in [0.05, 0.1) is 17.6 Å². The van der Waals surface area contributed by atoms with E-state index in [1.54, 1.807) is 0 Å². The number of anilines is 1. The maximum atomic E-state index is 14.2. The van der Waals surface area contributed by atoms with Crippen LogP contribution in [0.15, 0.2) is 18.2 Å². The Hall–Kier alpha value is -2.28. The van der Waals surface area contributed by atoms with Gasteiger partial charge in [-0.05, 0) is 74.0 Å². The molecule has 0 spiro atoms. The first-order valence-corrected chi connectivity index (χ1v) is 10.1. The summed E-state index contributed by atoms with van der Waals surface area (Å²) >= 11 is 0. The maximum Gasteiger partial charge on any atom is 0.306 e. The van der Waals surface area contributed by atoms with Crippen LogP contribution in [-0.2, 0) is 14.3 Å². The normalized spacial score (nSPS) is 32.1. The van der Waals surface area contributed by atoms with Crippen LogP contribution in [0, 0.1) is 23.1 Å². The van der Waals surface area contributed by atoms with Gasteiger partial charge in [-0.25, -0.2) is 4.39 Å². The molecule has 4 bridgehead atoms. The second-order valence-electron chi connectivity index (χ2n) is 9.32. The number of carbonyl (C=O) groups is 3. The van der Waals surface area contributed by atoms with Gasteiger partial charge in [0.2, 0.25) is 11.7 Å². The quantitative estimate of drug-likeness (QED) is 0.562. The average Bonchev–Trinajstić information content (AvgIpc) is 2.56. The van der Waals surface area contributed by atoms with Crippen LogP contribution in [0.5, 0.6) is 0 Å². The molecule has 4 fully saturated rings. The zero-order valence-corrected chi connectivity index (χ0v) is 16.5. The third kappa shape index (κ3) is 4.20. The molecule has 5 rings (SSSR count). The van der Waals surface area contributed by atoms with E-state index in [1.807, 2.05) is 0 Å². The van der Waals surface area contributed by atoms with Gasteiger partial charge in [0.25, 0.3) is 0 Å². The summed E-state index contributed by atoms with van der Waals surface area (Å²) in [5.74, 6) is -1.29. The van der Waals surface area contributed by atoms with Crippen LogP contribution in [0.4, 0.5) is 10.1 Å². The van der Waals surface area contributed by atoms with Crippen molar-refractivity contribution in [2.75, 3.05) is 11.9 Å². The van der Waals surface area contributed by atoms with Gasteiger partial charge in [0.1, 0.15) is 5.82 Å². The van der Waals surface area contributed by atoms with Crippen LogP contribution >= 0.6 is 0 Å². The molecule has 0 aromatic heterocycles. The number of rotatable bonds is 6. The molecule has 4 aliphatic carbocycles. The largest absolute Gasteiger partial charge is 0.457 e. The number of halogens is 1. The zero-order valence-electron chi connectivity index (χ0n) is 16.5. The van der Waals surface area contributed by atoms with Crippen molar-refractivity contribution >= 4 is 23.3 Å². The van der Waals surface area contributed by atoms with Crippen molar-refractivity contribution in [1.29, 1.82) is 0 Å². The van der Waals surface area contributed by atoms with E-state index in [1.165, 1.54) is 19.1 Å². The second kappa shape index (κ2) is 7.20. The summed E-state index contributed by atoms with van der Waals surface area (Å²) in [6.07, 6.45) is 5.45. The van der Waals surface area contributed by atoms with Crippen LogP contribution in [0.2, 0.25) is 0 Å². The number of benzene rings is 1. The first-order valence-electron chi connectivity index (χ1n) is 10.1. The lowest BCUT2D eigenvalue weighted by atomic mass is 9.47. The van der Waals surface area contributed by atoms with Crippen molar-refractivity contribution in [3.63, 3.8) is 0 Å². The number of aliphatic hydroxyl groups is 1. The first-order chi connectivity index (χ1) is 13.7. The summed E-state index contributed by atoms with van der Waals surface area (Å²) in [7, 11) is 0. The smallest absolute Gasteiger partial charge is 0.306 e. The fraction of sp³-hybridized carbons (Fsp3) is 0.591. The van der Waals surface area contributed by atoms with Crippen molar-refractivity contribution in [2.24, 2.45) is 17.3 Å². The standard InChI is InChI=1S/C22H26FNO5/c1-13(25)24-16-2-3-17(18(23)5-16)19(26)11-29-20(27)10-21-6-14-4-15(7-21)9-22(28,8-14)12-21/h2-3,5,14-15,28H,4,6-12H2,1H3,(H,24,25)/t14-,15+,21?,22?. The maximum absolute atomic E-state index is 14.2. The van der Waals surface area contributed by atoms with E-state index in [0.29, 0.717) is 18.3 Å². The molecule has 2 unspecified atom stereocenters. The highest BCUT2D eigenvalue weighted by atomic mass is 19.1. The van der Waals surface area contributed by atoms with E-state index in [-0.39, 0.29) is 29.0 Å². The Morgan fingerprint density at radius 1 is 1.21 bits per heavy atom. The Balaban J connectivity index is 1.34. The SMILES string of the molecule is CC(=O)Nc1ccc(C(=O)COC(=O)CC23C[C@@H]4C[C@@H](CC(O)(C4)C2)C3)c(F)c1. The number of nitrogens with one attached hydrogen (secondary N) is 1. The minimum atomic E-state index is -0.777. The van der Waals surface area contributed by atoms with E-state index in [0.717, 1.165) is 38.2 Å². The topological polar surface area (TPSA) is 92.7 Å². The van der Waals surface area contributed by atoms with Gasteiger partial charge in [0, 0.05) is 12.6 Å². The highest BCUT2D eigenvalue weighted by molar-refractivity contribution is 5.99. The summed E-state index contributed by atoms with van der Waals surface area (Å²) < 4.78 is 19.3. The van der Waals surface area contributed by atoms with Crippen LogP contribution < -0.4 is 5.32 Å². The summed E-state index contributed by atoms with van der Waals surface area (Å²) in [5, 5.41) is 13.2. The van der Waals surface area contributed by atoms with E-state index in [2.05, 4.69) is 5.32 Å². The zero-order chi connectivity index (χ0) is 20.8. The fourth-order valence-electron chi connectivity index (χ4n) is 6.21. The lowest BCUT2D eigenvalue weighted by Gasteiger charge is -2.60. The fourth-order valence-corrected chi connectivity index (χ4v) is 6.21. The Labute approximate surface area is 168 Å². The van der Waals surface area contributed by atoms with Gasteiger partial charge in [-0.3, -0.25) is 14.4 Å². The molecule has 1 amide bonds. The lowest BCUT2D eigenvalue weighted by molar-refractivity contribution is -0.176. The minimum Gasteiger partial charge on any atom is -0.457 e. The van der Waals surface area contributed by atoms with Crippen LogP contribution in [0.1, 0.15) is 62.2 Å². The van der Waals surface area contributed by atoms with Crippen molar-refractivity contribution < 1.29 is 28.6 Å². The minimum absolute atomic E-state index is 0.184. The lowest BCUT2D eigenvalue weighted by Crippen LogP contribution is -2.56. The van der Waals surface area contributed by atoms with Crippen molar-refractivity contribution in [2.45, 2.75) is 57.5 Å². The van der Waals surface area contributed by atoms with Gasteiger partial charge < -0.3 is 15.2 Å². The third-order valence-corrected chi connectivity index (χ3v) is 6.62. The number of ether oxygens (including phenoxy) is 1. The number of hydrogen-bond donors (Lipinski definition) is 2. The average molecular weight is 403 g/mol. The Bertz CT molecular complexity index is 853. The molecule has 0 heterocycles. The number of carbonyl (C=O) groups excluding carboxylic acids is 3. The van der Waals surface area contributed by atoms with Gasteiger partial charge in [0.15, 0.2) is 6.61 Å². The van der Waals surface area contributed by atoms with Gasteiger partial charge >= 0.3 is 5.97 Å². The van der Waals surface area contributed by atoms with Gasteiger partial charge in [-0.1, -0.05) is 0 Å². The summed E-state index contributed by atoms with van der Waals surface area (Å²) in [6.45, 7) is 0.779. The number of esters is 1. The van der Waals surface area contributed by atoms with Crippen molar-refractivity contribution in [1.82, 2.24) is 0 Å². The number of Topliss-reactive ketones (excluding diaryl/α,β-unsaturated/α-hetero) is 1. The van der Waals surface area contributed by atoms with E-state index in [9.17, 15) is 23.9 Å². The molecule has 0 saturated heterocycles. The molecule has 1 aromatic rings. The molecular formula is C22H26FNO5. The Kier molecular flexibility index (Phi) is 4.97. The Morgan fingerprint density at radius 2 is 1.90 bits per heavy atom. The molecule has 156 valence electrons. The van der Waals surface area contributed by atoms with Gasteiger partial charge in [-0.2, -0.15) is 0 Å². The van der Waals surface area contributed by atoms with Crippen LogP contribution in [-0.4, -0.2) is 35.0 Å². The summed E-state index contributed by atoms with van der Waals surface area (Å²) in [5.41, 5.74) is -0.817. The number of ketones is 1. The number of amides is 1. The molecule has 0 radical (unpaired) electrons. The molecule has 7 heteroatoms. The van der Waals surface area contributed by atoms with Crippen LogP contribution in [0.3, 0.4) is 0 Å². The predicted octanol–water partition coefficient (Wildman–Crippen LogP) is 3.23. The molecule has 4 saturated carbocycles. The van der Waals surface area contributed by atoms with Crippen molar-refractivity contribution in [3.05, 3.63) is 29.6 Å². The summed E-state index contributed by atoms with van der Waals surface area (Å²) in [4.78, 5) is 35.7. The molecule has 0 aliphatic heterocycles. The molecule has 29 heavy (non-hydrogen) atoms. The molecule has 4 atom stereocenters. The summed E-state index contributed by atoms with van der Waals surface area (Å²) in [6, 6.07) is 3.76. The monoisotopic (exact) mass is 403 g/mol. The van der Waals surface area contributed by atoms with E-state index in [4.69, 9.17) is 4.74 Å². The highest BCUT2D eigenvalue weighted by Crippen LogP contribution is 2.62. The first kappa shape index (κ1) is 20.0. The molecule has 4 aliphatic rings. The Morgan fingerprint density at radius 3 is 2.48 bits per heavy atom. The third-order valence-electron chi connectivity index (χ3n) is 6.62. The van der Waals surface area contributed by atoms with Gasteiger partial charge in [-0.15, -0.1) is 0 Å². The van der Waals surface area contributed by atoms with E-state index < -0.39 is 29.8 Å². The van der Waals surface area contributed by atoms with Crippen LogP contribution in [0.25, 0.3) is 0 Å². The second-order valence-corrected chi connectivity index (χ2v) is 9.32. The molecule has 6 nitrogen and oxygen atoms in total. The van der Waals surface area contributed by atoms with E-state index >= 15 is 0 Å².